The number of aromatic nitrogens is 1. The van der Waals surface area contributed by atoms with Gasteiger partial charge in [-0.1, -0.05) is 12.8 Å². The molecule has 10 heavy (non-hydrogen) atoms. The average Bonchev–Trinajstić information content (AvgIpc) is 2.59. The summed E-state index contributed by atoms with van der Waals surface area (Å²) in [6.07, 6.45) is 9.71. The van der Waals surface area contributed by atoms with Crippen molar-refractivity contribution in [3.8, 4) is 0 Å². The van der Waals surface area contributed by atoms with Gasteiger partial charge in [0.05, 0.1) is 0 Å². The van der Waals surface area contributed by atoms with E-state index in [2.05, 4.69) is 23.0 Å². The number of rotatable bonds is 1. The molecule has 0 N–H and O–H groups in total. The van der Waals surface area contributed by atoms with Gasteiger partial charge in [-0.25, -0.2) is 0 Å². The van der Waals surface area contributed by atoms with E-state index in [1.54, 1.807) is 0 Å². The van der Waals surface area contributed by atoms with Crippen molar-refractivity contribution < 1.29 is 0 Å². The van der Waals surface area contributed by atoms with Crippen molar-refractivity contribution >= 4 is 0 Å². The van der Waals surface area contributed by atoms with Crippen LogP contribution in [0, 0.1) is 6.07 Å². The molecule has 53 valence electrons. The van der Waals surface area contributed by atoms with Crippen LogP contribution < -0.4 is 0 Å². The van der Waals surface area contributed by atoms with Crippen molar-refractivity contribution in [2.75, 3.05) is 0 Å². The van der Waals surface area contributed by atoms with Crippen molar-refractivity contribution in [1.29, 1.82) is 0 Å². The second-order valence-electron chi connectivity index (χ2n) is 3.00. The summed E-state index contributed by atoms with van der Waals surface area (Å²) in [6.45, 7) is 0. The molecule has 0 saturated heterocycles. The third-order valence-corrected chi connectivity index (χ3v) is 2.31. The first-order valence-electron chi connectivity index (χ1n) is 4.00. The van der Waals surface area contributed by atoms with E-state index in [1.165, 1.54) is 25.7 Å². The zero-order chi connectivity index (χ0) is 6.81. The maximum Gasteiger partial charge on any atom is 0.0330 e. The Morgan fingerprint density at radius 2 is 2.10 bits per heavy atom. The lowest BCUT2D eigenvalue weighted by molar-refractivity contribution is 0.521. The molecule has 1 nitrogen and oxygen atoms in total. The Bertz CT molecular complexity index is 183. The lowest BCUT2D eigenvalue weighted by Gasteiger charge is -2.09. The fourth-order valence-electron chi connectivity index (χ4n) is 1.73. The average molecular weight is 134 g/mol. The predicted octanol–water partition coefficient (Wildman–Crippen LogP) is 2.40. The highest BCUT2D eigenvalue weighted by atomic mass is 15.0. The van der Waals surface area contributed by atoms with Crippen LogP contribution in [0.1, 0.15) is 31.7 Å². The van der Waals surface area contributed by atoms with E-state index in [1.807, 2.05) is 6.07 Å². The summed E-state index contributed by atoms with van der Waals surface area (Å²) in [6, 6.07) is 5.84. The summed E-state index contributed by atoms with van der Waals surface area (Å²) < 4.78 is 2.28. The Kier molecular flexibility index (Phi) is 1.50. The molecule has 1 heterocycles. The highest BCUT2D eigenvalue weighted by Gasteiger charge is 2.14. The van der Waals surface area contributed by atoms with Crippen LogP contribution in [0.4, 0.5) is 0 Å². The topological polar surface area (TPSA) is 4.93 Å². The molecule has 2 rings (SSSR count). The Morgan fingerprint density at radius 3 is 2.70 bits per heavy atom. The molecule has 1 saturated carbocycles. The van der Waals surface area contributed by atoms with E-state index in [-0.39, 0.29) is 0 Å². The van der Waals surface area contributed by atoms with E-state index in [0.717, 1.165) is 6.04 Å². The highest BCUT2D eigenvalue weighted by molar-refractivity contribution is 4.92. The van der Waals surface area contributed by atoms with Gasteiger partial charge in [-0.15, -0.1) is 0 Å². The minimum absolute atomic E-state index is 0.784. The van der Waals surface area contributed by atoms with Gasteiger partial charge >= 0.3 is 0 Å². The van der Waals surface area contributed by atoms with E-state index >= 15 is 0 Å². The summed E-state index contributed by atoms with van der Waals surface area (Å²) in [5.41, 5.74) is 0. The zero-order valence-electron chi connectivity index (χ0n) is 6.09. The standard InChI is InChI=1S/C9H12N/c1-2-6-9(5-1)10-7-3-4-8-10/h3,7-9H,1-2,5-6H2. The summed E-state index contributed by atoms with van der Waals surface area (Å²) in [7, 11) is 0. The third-order valence-electron chi connectivity index (χ3n) is 2.31. The molecule has 0 unspecified atom stereocenters. The molecule has 1 aromatic heterocycles. The van der Waals surface area contributed by atoms with Crippen LogP contribution >= 0.6 is 0 Å². The molecule has 0 amide bonds. The monoisotopic (exact) mass is 134 g/mol. The molecular formula is C9H12N. The van der Waals surface area contributed by atoms with Crippen molar-refractivity contribution in [2.24, 2.45) is 0 Å². The molecule has 0 aromatic carbocycles. The molecule has 0 bridgehead atoms. The fraction of sp³-hybridized carbons (Fsp3) is 0.556. The van der Waals surface area contributed by atoms with Crippen molar-refractivity contribution in [1.82, 2.24) is 4.57 Å². The first-order valence-corrected chi connectivity index (χ1v) is 4.00. The molecule has 1 fully saturated rings. The van der Waals surface area contributed by atoms with Gasteiger partial charge in [-0.3, -0.25) is 0 Å². The van der Waals surface area contributed by atoms with Gasteiger partial charge in [0.1, 0.15) is 0 Å². The zero-order valence-corrected chi connectivity index (χ0v) is 6.09. The van der Waals surface area contributed by atoms with Gasteiger partial charge in [0.15, 0.2) is 0 Å². The molecule has 0 aliphatic heterocycles. The van der Waals surface area contributed by atoms with Crippen LogP contribution in [0.2, 0.25) is 0 Å². The second-order valence-corrected chi connectivity index (χ2v) is 3.00. The van der Waals surface area contributed by atoms with Gasteiger partial charge in [0.2, 0.25) is 0 Å². The first-order chi connectivity index (χ1) is 4.97. The second kappa shape index (κ2) is 2.49. The van der Waals surface area contributed by atoms with Gasteiger partial charge in [0.25, 0.3) is 0 Å². The van der Waals surface area contributed by atoms with Crippen LogP contribution in [0.25, 0.3) is 0 Å². The summed E-state index contributed by atoms with van der Waals surface area (Å²) in [5, 5.41) is 0. The quantitative estimate of drug-likeness (QED) is 0.555. The Balaban J connectivity index is 2.12. The molecular weight excluding hydrogens is 122 g/mol. The van der Waals surface area contributed by atoms with Crippen LogP contribution in [-0.2, 0) is 0 Å². The minimum atomic E-state index is 0.784. The summed E-state index contributed by atoms with van der Waals surface area (Å²) >= 11 is 0. The lowest BCUT2D eigenvalue weighted by atomic mass is 10.2. The molecule has 1 aliphatic rings. The first kappa shape index (κ1) is 6.02. The summed E-state index contributed by atoms with van der Waals surface area (Å²) in [5.74, 6) is 0. The Labute approximate surface area is 61.7 Å². The molecule has 0 atom stereocenters. The SMILES string of the molecule is [c]1ccn(C2CCCC2)c1. The fourth-order valence-corrected chi connectivity index (χ4v) is 1.73. The van der Waals surface area contributed by atoms with Crippen molar-refractivity contribution in [3.63, 3.8) is 0 Å². The van der Waals surface area contributed by atoms with Crippen LogP contribution in [-0.4, -0.2) is 4.57 Å². The van der Waals surface area contributed by atoms with Crippen LogP contribution in [0.3, 0.4) is 0 Å². The normalized spacial score (nSPS) is 20.0. The third kappa shape index (κ3) is 0.962. The van der Waals surface area contributed by atoms with E-state index in [0.29, 0.717) is 0 Å². The maximum atomic E-state index is 3.07. The molecule has 1 heteroatoms. The molecule has 1 radical (unpaired) electrons. The van der Waals surface area contributed by atoms with E-state index in [4.69, 9.17) is 0 Å². The van der Waals surface area contributed by atoms with E-state index < -0.39 is 0 Å². The van der Waals surface area contributed by atoms with Gasteiger partial charge in [-0.2, -0.15) is 0 Å². The summed E-state index contributed by atoms with van der Waals surface area (Å²) in [4.78, 5) is 0. The van der Waals surface area contributed by atoms with Crippen molar-refractivity contribution in [2.45, 2.75) is 31.7 Å². The minimum Gasteiger partial charge on any atom is -0.351 e. The van der Waals surface area contributed by atoms with Crippen molar-refractivity contribution in [3.05, 3.63) is 24.5 Å². The molecule has 0 spiro atoms. The molecule has 1 aliphatic carbocycles. The maximum absolute atomic E-state index is 3.07. The molecule has 1 aromatic rings. The van der Waals surface area contributed by atoms with Gasteiger partial charge < -0.3 is 4.57 Å². The van der Waals surface area contributed by atoms with Crippen LogP contribution in [0.15, 0.2) is 18.5 Å². The number of nitrogens with zero attached hydrogens (tertiary/aromatic N) is 1. The largest absolute Gasteiger partial charge is 0.351 e. The Hall–Kier alpha value is -0.720. The number of hydrogen-bond donors (Lipinski definition) is 0. The van der Waals surface area contributed by atoms with Crippen LogP contribution in [0.5, 0.6) is 0 Å². The van der Waals surface area contributed by atoms with E-state index in [9.17, 15) is 0 Å². The smallest absolute Gasteiger partial charge is 0.0330 e. The predicted molar refractivity (Wildman–Crippen MR) is 40.8 cm³/mol. The highest BCUT2D eigenvalue weighted by Crippen LogP contribution is 2.28. The Morgan fingerprint density at radius 1 is 1.30 bits per heavy atom. The van der Waals surface area contributed by atoms with Gasteiger partial charge in [0, 0.05) is 24.5 Å². The van der Waals surface area contributed by atoms with Gasteiger partial charge in [-0.05, 0) is 18.9 Å². The number of hydrogen-bond acceptors (Lipinski definition) is 0. The lowest BCUT2D eigenvalue weighted by Crippen LogP contribution is -2.00.